The van der Waals surface area contributed by atoms with Crippen molar-refractivity contribution < 1.29 is 22.7 Å². The number of halogens is 3. The highest BCUT2D eigenvalue weighted by Crippen LogP contribution is 2.32. The molecule has 12 heteroatoms. The average molecular weight is 538 g/mol. The Kier molecular flexibility index (Phi) is 6.55. The maximum absolute atomic E-state index is 13.4. The fourth-order valence-electron chi connectivity index (χ4n) is 5.00. The average Bonchev–Trinajstić information content (AvgIpc) is 3.42. The van der Waals surface area contributed by atoms with Gasteiger partial charge in [-0.15, -0.1) is 5.10 Å². The molecule has 0 atom stereocenters. The molecule has 1 amide bonds. The Morgan fingerprint density at radius 3 is 2.28 bits per heavy atom. The normalized spacial score (nSPS) is 16.6. The van der Waals surface area contributed by atoms with Gasteiger partial charge in [-0.05, 0) is 30.3 Å². The molecular formula is C27H26F3N7O2. The van der Waals surface area contributed by atoms with Crippen molar-refractivity contribution in [1.82, 2.24) is 24.5 Å². The molecule has 2 fully saturated rings. The Hall–Kier alpha value is -4.19. The molecule has 2 aliphatic heterocycles. The first-order valence-corrected chi connectivity index (χ1v) is 12.7. The number of fused-ring (bicyclic) bond motifs is 1. The van der Waals surface area contributed by atoms with Gasteiger partial charge in [-0.2, -0.15) is 22.7 Å². The van der Waals surface area contributed by atoms with Gasteiger partial charge in [0, 0.05) is 56.7 Å². The molecule has 6 rings (SSSR count). The molecule has 0 aliphatic carbocycles. The highest BCUT2D eigenvalue weighted by atomic mass is 19.4. The lowest BCUT2D eigenvalue weighted by molar-refractivity contribution is -0.138. The number of piperazine rings is 1. The number of anilines is 2. The summed E-state index contributed by atoms with van der Waals surface area (Å²) in [5.41, 5.74) is 1.69. The van der Waals surface area contributed by atoms with Crippen LogP contribution in [0.4, 0.5) is 24.8 Å². The van der Waals surface area contributed by atoms with Crippen LogP contribution in [0.5, 0.6) is 0 Å². The van der Waals surface area contributed by atoms with E-state index in [-0.39, 0.29) is 18.7 Å². The first-order valence-electron chi connectivity index (χ1n) is 12.7. The molecule has 0 bridgehead atoms. The molecular weight excluding hydrogens is 511 g/mol. The number of amides is 1. The molecule has 0 saturated carbocycles. The van der Waals surface area contributed by atoms with Crippen molar-refractivity contribution in [1.29, 1.82) is 0 Å². The van der Waals surface area contributed by atoms with Crippen LogP contribution in [0.1, 0.15) is 15.9 Å². The third kappa shape index (κ3) is 4.99. The van der Waals surface area contributed by atoms with Crippen LogP contribution in [-0.2, 0) is 10.9 Å². The summed E-state index contributed by atoms with van der Waals surface area (Å²) in [6.07, 6.45) is -2.91. The summed E-state index contributed by atoms with van der Waals surface area (Å²) < 4.78 is 47.4. The van der Waals surface area contributed by atoms with Crippen molar-refractivity contribution in [3.05, 3.63) is 71.9 Å². The van der Waals surface area contributed by atoms with E-state index in [2.05, 4.69) is 32.1 Å². The second-order valence-electron chi connectivity index (χ2n) is 9.42. The number of alkyl halides is 3. The third-order valence-electron chi connectivity index (χ3n) is 7.08. The first kappa shape index (κ1) is 25.1. The second kappa shape index (κ2) is 10.2. The number of aromatic nitrogens is 4. The summed E-state index contributed by atoms with van der Waals surface area (Å²) in [4.78, 5) is 27.5. The Bertz CT molecular complexity index is 1480. The Morgan fingerprint density at radius 2 is 1.56 bits per heavy atom. The third-order valence-corrected chi connectivity index (χ3v) is 7.08. The minimum Gasteiger partial charge on any atom is -0.378 e. The molecule has 2 aromatic heterocycles. The highest BCUT2D eigenvalue weighted by molar-refractivity contribution is 5.96. The quantitative estimate of drug-likeness (QED) is 0.394. The zero-order valence-corrected chi connectivity index (χ0v) is 21.0. The molecule has 4 aromatic rings. The molecule has 9 nitrogen and oxygen atoms in total. The van der Waals surface area contributed by atoms with E-state index >= 15 is 0 Å². The van der Waals surface area contributed by atoms with E-state index in [1.165, 1.54) is 23.1 Å². The lowest BCUT2D eigenvalue weighted by atomic mass is 10.1. The largest absolute Gasteiger partial charge is 0.417 e. The number of nitrogens with zero attached hydrogens (tertiary/aromatic N) is 7. The van der Waals surface area contributed by atoms with E-state index in [0.717, 1.165) is 49.3 Å². The van der Waals surface area contributed by atoms with Crippen molar-refractivity contribution >= 4 is 23.3 Å². The van der Waals surface area contributed by atoms with E-state index in [1.54, 1.807) is 10.7 Å². The van der Waals surface area contributed by atoms with E-state index in [4.69, 9.17) is 4.74 Å². The van der Waals surface area contributed by atoms with Crippen LogP contribution < -0.4 is 9.80 Å². The van der Waals surface area contributed by atoms with Gasteiger partial charge in [0.1, 0.15) is 0 Å². The summed E-state index contributed by atoms with van der Waals surface area (Å²) in [5.74, 6) is 0.273. The summed E-state index contributed by atoms with van der Waals surface area (Å²) >= 11 is 0. The van der Waals surface area contributed by atoms with Crippen molar-refractivity contribution in [3.8, 4) is 11.3 Å². The molecule has 0 spiro atoms. The smallest absolute Gasteiger partial charge is 0.378 e. The Balaban J connectivity index is 1.18. The maximum Gasteiger partial charge on any atom is 0.417 e. The molecule has 2 aliphatic rings. The molecule has 4 heterocycles. The molecule has 2 aromatic carbocycles. The van der Waals surface area contributed by atoms with E-state index in [9.17, 15) is 18.0 Å². The number of morpholine rings is 1. The van der Waals surface area contributed by atoms with Gasteiger partial charge in [-0.3, -0.25) is 4.79 Å². The number of ether oxygens (including phenoxy) is 1. The lowest BCUT2D eigenvalue weighted by Crippen LogP contribution is -2.49. The maximum atomic E-state index is 13.4. The van der Waals surface area contributed by atoms with Gasteiger partial charge in [0.25, 0.3) is 11.7 Å². The summed E-state index contributed by atoms with van der Waals surface area (Å²) in [6, 6.07) is 15.0. The predicted molar refractivity (Wildman–Crippen MR) is 139 cm³/mol. The van der Waals surface area contributed by atoms with Gasteiger partial charge in [-0.25, -0.2) is 4.98 Å². The van der Waals surface area contributed by atoms with Gasteiger partial charge in [-0.1, -0.05) is 24.3 Å². The predicted octanol–water partition coefficient (Wildman–Crippen LogP) is 3.61. The SMILES string of the molecule is O=C(c1ccccc1C(F)(F)F)N1CCN(c2nc3nccc(-c4ccc(N5CCOCC5)cc4)n3n2)CC1. The molecule has 0 N–H and O–H groups in total. The number of carbonyl (C=O) groups excluding carboxylic acids is 1. The minimum atomic E-state index is -4.60. The molecule has 202 valence electrons. The van der Waals surface area contributed by atoms with E-state index in [1.807, 2.05) is 23.1 Å². The molecule has 39 heavy (non-hydrogen) atoms. The van der Waals surface area contributed by atoms with Crippen LogP contribution in [0, 0.1) is 0 Å². The minimum absolute atomic E-state index is 0.254. The molecule has 0 unspecified atom stereocenters. The number of hydrogen-bond acceptors (Lipinski definition) is 7. The van der Waals surface area contributed by atoms with Crippen LogP contribution in [0.3, 0.4) is 0 Å². The summed E-state index contributed by atoms with van der Waals surface area (Å²) in [5, 5.41) is 4.69. The van der Waals surface area contributed by atoms with E-state index in [0.29, 0.717) is 24.8 Å². The summed E-state index contributed by atoms with van der Waals surface area (Å²) in [6.45, 7) is 4.45. The van der Waals surface area contributed by atoms with Crippen LogP contribution in [0.2, 0.25) is 0 Å². The lowest BCUT2D eigenvalue weighted by Gasteiger charge is -2.34. The number of carbonyl (C=O) groups is 1. The Labute approximate surface area is 222 Å². The number of benzene rings is 2. The number of hydrogen-bond donors (Lipinski definition) is 0. The van der Waals surface area contributed by atoms with Crippen molar-refractivity contribution in [2.24, 2.45) is 0 Å². The first-order chi connectivity index (χ1) is 18.9. The van der Waals surface area contributed by atoms with Crippen molar-refractivity contribution in [2.45, 2.75) is 6.18 Å². The second-order valence-corrected chi connectivity index (χ2v) is 9.42. The fraction of sp³-hybridized carbons (Fsp3) is 0.333. The van der Waals surface area contributed by atoms with Crippen LogP contribution in [0.15, 0.2) is 60.8 Å². The van der Waals surface area contributed by atoms with E-state index < -0.39 is 17.6 Å². The van der Waals surface area contributed by atoms with Gasteiger partial charge in [0.15, 0.2) is 0 Å². The standard InChI is InChI=1S/C27H26F3N7O2/c28-27(29,30)22-4-2-1-3-21(22)24(38)35-11-13-36(14-12-35)26-32-25-31-10-9-23(37(25)33-26)19-5-7-20(8-6-19)34-15-17-39-18-16-34/h1-10H,11-18H2. The van der Waals surface area contributed by atoms with Gasteiger partial charge < -0.3 is 19.4 Å². The van der Waals surface area contributed by atoms with Crippen molar-refractivity contribution in [2.75, 3.05) is 62.3 Å². The van der Waals surface area contributed by atoms with Crippen molar-refractivity contribution in [3.63, 3.8) is 0 Å². The zero-order valence-electron chi connectivity index (χ0n) is 21.0. The summed E-state index contributed by atoms with van der Waals surface area (Å²) in [7, 11) is 0. The highest BCUT2D eigenvalue weighted by Gasteiger charge is 2.36. The van der Waals surface area contributed by atoms with Crippen LogP contribution in [0.25, 0.3) is 17.0 Å². The fourth-order valence-corrected chi connectivity index (χ4v) is 5.00. The van der Waals surface area contributed by atoms with Crippen LogP contribution in [-0.4, -0.2) is 82.9 Å². The monoisotopic (exact) mass is 537 g/mol. The Morgan fingerprint density at radius 1 is 0.846 bits per heavy atom. The van der Waals surface area contributed by atoms with Crippen LogP contribution >= 0.6 is 0 Å². The van der Waals surface area contributed by atoms with Gasteiger partial charge in [0.2, 0.25) is 5.95 Å². The topological polar surface area (TPSA) is 79.1 Å². The molecule has 0 radical (unpaired) electrons. The zero-order chi connectivity index (χ0) is 27.0. The number of rotatable bonds is 4. The molecule has 2 saturated heterocycles. The van der Waals surface area contributed by atoms with Gasteiger partial charge in [0.05, 0.1) is 30.0 Å². The van der Waals surface area contributed by atoms with Gasteiger partial charge >= 0.3 is 6.18 Å².